The van der Waals surface area contributed by atoms with Gasteiger partial charge in [0, 0.05) is 0 Å². The van der Waals surface area contributed by atoms with Crippen molar-refractivity contribution in [2.24, 2.45) is 0 Å². The van der Waals surface area contributed by atoms with E-state index in [4.69, 9.17) is 4.74 Å². The number of fused-ring (bicyclic) bond motifs is 1. The van der Waals surface area contributed by atoms with Crippen LogP contribution in [0.1, 0.15) is 43.3 Å². The van der Waals surface area contributed by atoms with E-state index < -0.39 is 17.7 Å². The summed E-state index contributed by atoms with van der Waals surface area (Å²) in [5.74, 6) is -0.377. The molecule has 0 aliphatic carbocycles. The van der Waals surface area contributed by atoms with Crippen molar-refractivity contribution in [1.29, 1.82) is 0 Å². The first kappa shape index (κ1) is 19.3. The van der Waals surface area contributed by atoms with Gasteiger partial charge < -0.3 is 15.2 Å². The molecule has 0 radical (unpaired) electrons. The van der Waals surface area contributed by atoms with Gasteiger partial charge in [-0.05, 0) is 38.5 Å². The summed E-state index contributed by atoms with van der Waals surface area (Å²) >= 11 is 1.53. The molecule has 0 aliphatic rings. The SMILES string of the molecule is CC(C)(C)OC(=O)N[C@H](c1ccccc1)[C@@H](CO)c1nc2ccccc2s1. The van der Waals surface area contributed by atoms with Crippen LogP contribution in [0.2, 0.25) is 0 Å². The molecule has 0 bridgehead atoms. The highest BCUT2D eigenvalue weighted by Crippen LogP contribution is 2.35. The van der Waals surface area contributed by atoms with E-state index in [1.165, 1.54) is 11.3 Å². The second-order valence-corrected chi connectivity index (χ2v) is 8.41. The predicted molar refractivity (Wildman–Crippen MR) is 108 cm³/mol. The molecule has 2 atom stereocenters. The van der Waals surface area contributed by atoms with Crippen molar-refractivity contribution in [3.05, 3.63) is 65.2 Å². The molecule has 1 amide bonds. The monoisotopic (exact) mass is 384 g/mol. The maximum atomic E-state index is 12.4. The largest absolute Gasteiger partial charge is 0.444 e. The number of carbonyl (C=O) groups excluding carboxylic acids is 1. The van der Waals surface area contributed by atoms with Gasteiger partial charge in [0.25, 0.3) is 0 Å². The maximum Gasteiger partial charge on any atom is 0.408 e. The van der Waals surface area contributed by atoms with Gasteiger partial charge >= 0.3 is 6.09 Å². The Morgan fingerprint density at radius 2 is 1.81 bits per heavy atom. The Morgan fingerprint density at radius 3 is 2.44 bits per heavy atom. The van der Waals surface area contributed by atoms with E-state index in [0.717, 1.165) is 20.8 Å². The molecule has 142 valence electrons. The summed E-state index contributed by atoms with van der Waals surface area (Å²) in [4.78, 5) is 17.1. The van der Waals surface area contributed by atoms with Gasteiger partial charge in [-0.3, -0.25) is 0 Å². The molecule has 2 aromatic carbocycles. The van der Waals surface area contributed by atoms with E-state index in [9.17, 15) is 9.90 Å². The molecule has 6 heteroatoms. The molecule has 1 aromatic heterocycles. The quantitative estimate of drug-likeness (QED) is 0.672. The van der Waals surface area contributed by atoms with Gasteiger partial charge in [0.15, 0.2) is 0 Å². The number of aliphatic hydroxyl groups is 1. The molecule has 3 aromatic rings. The number of para-hydroxylation sites is 1. The minimum Gasteiger partial charge on any atom is -0.444 e. The zero-order valence-corrected chi connectivity index (χ0v) is 16.5. The highest BCUT2D eigenvalue weighted by molar-refractivity contribution is 7.18. The van der Waals surface area contributed by atoms with Crippen molar-refractivity contribution in [3.8, 4) is 0 Å². The van der Waals surface area contributed by atoms with Crippen molar-refractivity contribution in [3.63, 3.8) is 0 Å². The normalized spacial score (nSPS) is 13.9. The van der Waals surface area contributed by atoms with Crippen LogP contribution in [0.3, 0.4) is 0 Å². The summed E-state index contributed by atoms with van der Waals surface area (Å²) in [6.45, 7) is 5.32. The van der Waals surface area contributed by atoms with Crippen molar-refractivity contribution in [2.45, 2.75) is 38.3 Å². The first-order valence-corrected chi connectivity index (χ1v) is 9.70. The third-order valence-electron chi connectivity index (χ3n) is 4.06. The molecule has 3 rings (SSSR count). The predicted octanol–water partition coefficient (Wildman–Crippen LogP) is 4.64. The van der Waals surface area contributed by atoms with Gasteiger partial charge in [-0.15, -0.1) is 11.3 Å². The Kier molecular flexibility index (Phi) is 5.77. The van der Waals surface area contributed by atoms with Crippen LogP contribution in [0.25, 0.3) is 10.2 Å². The molecule has 0 fully saturated rings. The fourth-order valence-corrected chi connectivity index (χ4v) is 3.98. The van der Waals surface area contributed by atoms with E-state index in [1.807, 2.05) is 75.4 Å². The number of carbonyl (C=O) groups is 1. The lowest BCUT2D eigenvalue weighted by molar-refractivity contribution is 0.0487. The van der Waals surface area contributed by atoms with Crippen LogP contribution < -0.4 is 5.32 Å². The number of amides is 1. The number of thiazole rings is 1. The highest BCUT2D eigenvalue weighted by Gasteiger charge is 2.30. The van der Waals surface area contributed by atoms with E-state index in [2.05, 4.69) is 10.3 Å². The fraction of sp³-hybridized carbons (Fsp3) is 0.333. The molecule has 0 saturated carbocycles. The summed E-state index contributed by atoms with van der Waals surface area (Å²) in [5, 5.41) is 13.9. The van der Waals surface area contributed by atoms with E-state index in [1.54, 1.807) is 0 Å². The Bertz CT molecular complexity index is 869. The van der Waals surface area contributed by atoms with Crippen LogP contribution in [-0.4, -0.2) is 28.4 Å². The van der Waals surface area contributed by atoms with Crippen LogP contribution >= 0.6 is 11.3 Å². The van der Waals surface area contributed by atoms with E-state index in [-0.39, 0.29) is 12.5 Å². The standard InChI is InChI=1S/C21H24N2O3S/c1-21(2,3)26-20(25)23-18(14-9-5-4-6-10-14)15(13-24)19-22-16-11-7-8-12-17(16)27-19/h4-12,15,18,24H,13H2,1-3H3,(H,23,25)/t15-,18-/m1/s1. The van der Waals surface area contributed by atoms with Crippen LogP contribution in [0.5, 0.6) is 0 Å². The molecule has 27 heavy (non-hydrogen) atoms. The number of nitrogens with one attached hydrogen (secondary N) is 1. The smallest absolute Gasteiger partial charge is 0.408 e. The van der Waals surface area contributed by atoms with Crippen LogP contribution in [0.4, 0.5) is 4.79 Å². The number of benzene rings is 2. The minimum absolute atomic E-state index is 0.144. The van der Waals surface area contributed by atoms with Crippen LogP contribution in [-0.2, 0) is 4.74 Å². The summed E-state index contributed by atoms with van der Waals surface area (Å²) in [5.41, 5.74) is 1.18. The summed E-state index contributed by atoms with van der Waals surface area (Å²) in [6, 6.07) is 17.0. The van der Waals surface area contributed by atoms with Gasteiger partial charge in [0.05, 0.1) is 28.8 Å². The van der Waals surface area contributed by atoms with Crippen molar-refractivity contribution >= 4 is 27.6 Å². The Morgan fingerprint density at radius 1 is 1.15 bits per heavy atom. The fourth-order valence-electron chi connectivity index (χ4n) is 2.89. The van der Waals surface area contributed by atoms with Crippen molar-refractivity contribution < 1.29 is 14.6 Å². The molecule has 5 nitrogen and oxygen atoms in total. The number of ether oxygens (including phenoxy) is 1. The number of aliphatic hydroxyl groups excluding tert-OH is 1. The Balaban J connectivity index is 1.95. The molecular weight excluding hydrogens is 360 g/mol. The zero-order chi connectivity index (χ0) is 19.4. The average molecular weight is 385 g/mol. The molecule has 0 spiro atoms. The molecule has 2 N–H and O–H groups in total. The highest BCUT2D eigenvalue weighted by atomic mass is 32.1. The lowest BCUT2D eigenvalue weighted by Gasteiger charge is -2.28. The van der Waals surface area contributed by atoms with E-state index in [0.29, 0.717) is 0 Å². The number of rotatable bonds is 5. The van der Waals surface area contributed by atoms with Gasteiger partial charge in [-0.25, -0.2) is 9.78 Å². The molecule has 1 heterocycles. The summed E-state index contributed by atoms with van der Waals surface area (Å²) < 4.78 is 6.48. The number of nitrogens with zero attached hydrogens (tertiary/aromatic N) is 1. The second-order valence-electron chi connectivity index (χ2n) is 7.34. The zero-order valence-electron chi connectivity index (χ0n) is 15.7. The summed E-state index contributed by atoms with van der Waals surface area (Å²) in [7, 11) is 0. The third-order valence-corrected chi connectivity index (χ3v) is 5.23. The van der Waals surface area contributed by atoms with Crippen LogP contribution in [0.15, 0.2) is 54.6 Å². The van der Waals surface area contributed by atoms with Gasteiger partial charge in [0.1, 0.15) is 10.6 Å². The average Bonchev–Trinajstić information content (AvgIpc) is 3.04. The number of alkyl carbamates (subject to hydrolysis) is 1. The van der Waals surface area contributed by atoms with Gasteiger partial charge in [-0.2, -0.15) is 0 Å². The minimum atomic E-state index is -0.601. The van der Waals surface area contributed by atoms with Crippen molar-refractivity contribution in [1.82, 2.24) is 10.3 Å². The first-order chi connectivity index (χ1) is 12.9. The number of hydrogen-bond acceptors (Lipinski definition) is 5. The Labute approximate surface area is 163 Å². The number of hydrogen-bond donors (Lipinski definition) is 2. The Hall–Kier alpha value is -2.44. The van der Waals surface area contributed by atoms with E-state index >= 15 is 0 Å². The molecule has 0 unspecified atom stereocenters. The lowest BCUT2D eigenvalue weighted by Crippen LogP contribution is -2.38. The number of aromatic nitrogens is 1. The second kappa shape index (κ2) is 8.06. The van der Waals surface area contributed by atoms with Crippen molar-refractivity contribution in [2.75, 3.05) is 6.61 Å². The summed E-state index contributed by atoms with van der Waals surface area (Å²) in [6.07, 6.45) is -0.518. The molecule has 0 aliphatic heterocycles. The topological polar surface area (TPSA) is 71.5 Å². The maximum absolute atomic E-state index is 12.4. The lowest BCUT2D eigenvalue weighted by atomic mass is 9.94. The molecule has 0 saturated heterocycles. The van der Waals surface area contributed by atoms with Gasteiger partial charge in [-0.1, -0.05) is 42.5 Å². The first-order valence-electron chi connectivity index (χ1n) is 8.88. The molecular formula is C21H24N2O3S. The van der Waals surface area contributed by atoms with Gasteiger partial charge in [0.2, 0.25) is 0 Å². The van der Waals surface area contributed by atoms with Crippen LogP contribution in [0, 0.1) is 0 Å². The third kappa shape index (κ3) is 4.84.